The van der Waals surface area contributed by atoms with Gasteiger partial charge in [-0.1, -0.05) is 0 Å². The van der Waals surface area contributed by atoms with Crippen molar-refractivity contribution in [3.05, 3.63) is 29.6 Å². The summed E-state index contributed by atoms with van der Waals surface area (Å²) in [4.78, 5) is 10.9. The molecule has 0 saturated heterocycles. The third-order valence-electron chi connectivity index (χ3n) is 2.55. The summed E-state index contributed by atoms with van der Waals surface area (Å²) in [5.41, 5.74) is 9.02. The van der Waals surface area contributed by atoms with Crippen LogP contribution in [0.5, 0.6) is 0 Å². The molecule has 106 valence electrons. The molecule has 0 bridgehead atoms. The van der Waals surface area contributed by atoms with E-state index in [4.69, 9.17) is 11.5 Å². The second-order valence-electron chi connectivity index (χ2n) is 4.55. The van der Waals surface area contributed by atoms with Gasteiger partial charge in [0.25, 0.3) is 0 Å². The van der Waals surface area contributed by atoms with Crippen LogP contribution in [0.2, 0.25) is 0 Å². The van der Waals surface area contributed by atoms with Crippen molar-refractivity contribution in [2.75, 3.05) is 0 Å². The molecular weight excluding hydrogens is 273 g/mol. The van der Waals surface area contributed by atoms with E-state index >= 15 is 0 Å². The molecule has 0 fully saturated rings. The van der Waals surface area contributed by atoms with Gasteiger partial charge in [-0.15, -0.1) is 0 Å². The van der Waals surface area contributed by atoms with Crippen LogP contribution in [0.25, 0.3) is 0 Å². The Bertz CT molecular complexity index is 599. The van der Waals surface area contributed by atoms with Crippen molar-refractivity contribution in [2.45, 2.75) is 30.8 Å². The molecule has 5 N–H and O–H groups in total. The van der Waals surface area contributed by atoms with Gasteiger partial charge in [0.05, 0.1) is 4.90 Å². The normalized spacial score (nSPS) is 12.4. The van der Waals surface area contributed by atoms with Crippen molar-refractivity contribution >= 4 is 15.9 Å². The van der Waals surface area contributed by atoms with Crippen LogP contribution in [0, 0.1) is 5.82 Å². The maximum Gasteiger partial charge on any atom is 0.241 e. The van der Waals surface area contributed by atoms with E-state index in [1.165, 1.54) is 13.8 Å². The number of sulfonamides is 1. The minimum absolute atomic E-state index is 0.0692. The Kier molecular flexibility index (Phi) is 4.28. The first-order valence-corrected chi connectivity index (χ1v) is 6.91. The topological polar surface area (TPSA) is 115 Å². The van der Waals surface area contributed by atoms with E-state index in [1.807, 2.05) is 0 Å². The number of benzene rings is 1. The van der Waals surface area contributed by atoms with Gasteiger partial charge in [0.15, 0.2) is 0 Å². The van der Waals surface area contributed by atoms with Crippen LogP contribution < -0.4 is 16.2 Å². The molecule has 1 amide bonds. The molecule has 8 heteroatoms. The number of halogens is 1. The Hall–Kier alpha value is -1.51. The molecule has 1 aromatic rings. The average Bonchev–Trinajstić information content (AvgIpc) is 2.27. The van der Waals surface area contributed by atoms with Crippen molar-refractivity contribution in [2.24, 2.45) is 11.5 Å². The van der Waals surface area contributed by atoms with E-state index in [0.29, 0.717) is 0 Å². The number of carbonyl (C=O) groups is 1. The number of hydrogen-bond acceptors (Lipinski definition) is 4. The van der Waals surface area contributed by atoms with Gasteiger partial charge in [-0.2, -0.15) is 4.72 Å². The summed E-state index contributed by atoms with van der Waals surface area (Å²) >= 11 is 0. The van der Waals surface area contributed by atoms with Crippen molar-refractivity contribution in [1.82, 2.24) is 4.72 Å². The molecule has 1 aromatic carbocycles. The first-order chi connectivity index (χ1) is 8.60. The van der Waals surface area contributed by atoms with Gasteiger partial charge in [0.2, 0.25) is 15.9 Å². The van der Waals surface area contributed by atoms with Crippen LogP contribution >= 0.6 is 0 Å². The molecule has 0 aliphatic carbocycles. The highest BCUT2D eigenvalue weighted by Gasteiger charge is 2.31. The predicted octanol–water partition coefficient (Wildman–Crippen LogP) is -0.173. The fraction of sp³-hybridized carbons (Fsp3) is 0.364. The van der Waals surface area contributed by atoms with E-state index in [2.05, 4.69) is 4.72 Å². The van der Waals surface area contributed by atoms with Gasteiger partial charge in [-0.05, 0) is 32.0 Å². The maximum atomic E-state index is 13.3. The van der Waals surface area contributed by atoms with E-state index in [9.17, 15) is 17.6 Å². The van der Waals surface area contributed by atoms with E-state index in [0.717, 1.165) is 18.2 Å². The van der Waals surface area contributed by atoms with Crippen molar-refractivity contribution < 1.29 is 17.6 Å². The molecule has 0 heterocycles. The number of primary amides is 1. The number of nitrogens with one attached hydrogen (secondary N) is 1. The summed E-state index contributed by atoms with van der Waals surface area (Å²) in [5, 5.41) is 0. The lowest BCUT2D eigenvalue weighted by molar-refractivity contribution is -0.122. The van der Waals surface area contributed by atoms with Crippen molar-refractivity contribution in [3.63, 3.8) is 0 Å². The summed E-state index contributed by atoms with van der Waals surface area (Å²) in [7, 11) is -3.99. The lowest BCUT2D eigenvalue weighted by atomic mass is 10.1. The number of carbonyl (C=O) groups excluding carboxylic acids is 1. The van der Waals surface area contributed by atoms with Crippen LogP contribution in [0.3, 0.4) is 0 Å². The van der Waals surface area contributed by atoms with Crippen LogP contribution in [0.4, 0.5) is 4.39 Å². The quantitative estimate of drug-likeness (QED) is 0.697. The summed E-state index contributed by atoms with van der Waals surface area (Å²) in [6, 6.07) is 3.22. The lowest BCUT2D eigenvalue weighted by Gasteiger charge is -2.22. The summed E-state index contributed by atoms with van der Waals surface area (Å²) in [6.07, 6.45) is 0. The Morgan fingerprint density at radius 3 is 2.47 bits per heavy atom. The molecule has 0 atom stereocenters. The highest BCUT2D eigenvalue weighted by molar-refractivity contribution is 7.89. The molecule has 0 spiro atoms. The van der Waals surface area contributed by atoms with Crippen LogP contribution in [0.1, 0.15) is 19.4 Å². The monoisotopic (exact) mass is 289 g/mol. The highest BCUT2D eigenvalue weighted by atomic mass is 32.2. The molecule has 0 aromatic heterocycles. The molecule has 0 radical (unpaired) electrons. The number of nitrogens with two attached hydrogens (primary N) is 2. The van der Waals surface area contributed by atoms with Crippen molar-refractivity contribution in [3.8, 4) is 0 Å². The molecule has 0 saturated carbocycles. The number of hydrogen-bond donors (Lipinski definition) is 3. The Morgan fingerprint density at radius 2 is 2.00 bits per heavy atom. The van der Waals surface area contributed by atoms with Gasteiger partial charge in [-0.3, -0.25) is 4.79 Å². The average molecular weight is 289 g/mol. The fourth-order valence-corrected chi connectivity index (χ4v) is 2.75. The van der Waals surface area contributed by atoms with Crippen LogP contribution in [-0.2, 0) is 21.4 Å². The maximum absolute atomic E-state index is 13.3. The molecule has 6 nitrogen and oxygen atoms in total. The molecule has 0 aliphatic rings. The minimum Gasteiger partial charge on any atom is -0.368 e. The Morgan fingerprint density at radius 1 is 1.42 bits per heavy atom. The van der Waals surface area contributed by atoms with Crippen molar-refractivity contribution in [1.29, 1.82) is 0 Å². The Balaban J connectivity index is 3.18. The number of amides is 1. The largest absolute Gasteiger partial charge is 0.368 e. The minimum atomic E-state index is -3.99. The van der Waals surface area contributed by atoms with Gasteiger partial charge < -0.3 is 11.5 Å². The second kappa shape index (κ2) is 5.24. The molecule has 0 unspecified atom stereocenters. The van der Waals surface area contributed by atoms with Crippen LogP contribution in [-0.4, -0.2) is 19.9 Å². The van der Waals surface area contributed by atoms with E-state index in [-0.39, 0.29) is 17.0 Å². The lowest BCUT2D eigenvalue weighted by Crippen LogP contribution is -2.52. The Labute approximate surface area is 111 Å². The SMILES string of the molecule is CC(C)(NS(=O)(=O)c1ccc(F)c(CN)c1)C(N)=O. The molecule has 1 rings (SSSR count). The molecule has 0 aliphatic heterocycles. The fourth-order valence-electron chi connectivity index (χ4n) is 1.32. The molecular formula is C11H16FN3O3S. The zero-order valence-corrected chi connectivity index (χ0v) is 11.4. The third kappa shape index (κ3) is 3.49. The van der Waals surface area contributed by atoms with Gasteiger partial charge >= 0.3 is 0 Å². The first-order valence-electron chi connectivity index (χ1n) is 5.42. The summed E-state index contributed by atoms with van der Waals surface area (Å²) < 4.78 is 39.5. The van der Waals surface area contributed by atoms with Crippen LogP contribution in [0.15, 0.2) is 23.1 Å². The zero-order valence-electron chi connectivity index (χ0n) is 10.6. The zero-order chi connectivity index (χ0) is 14.8. The standard InChI is InChI=1S/C11H16FN3O3S/c1-11(2,10(14)16)15-19(17,18)8-3-4-9(12)7(5-8)6-13/h3-5,15H,6,13H2,1-2H3,(H2,14,16). The molecule has 19 heavy (non-hydrogen) atoms. The summed E-state index contributed by atoms with van der Waals surface area (Å²) in [6.45, 7) is 2.54. The third-order valence-corrected chi connectivity index (χ3v) is 4.21. The van der Waals surface area contributed by atoms with Gasteiger partial charge in [0.1, 0.15) is 11.4 Å². The summed E-state index contributed by atoms with van der Waals surface area (Å²) in [5.74, 6) is -1.41. The van der Waals surface area contributed by atoms with Gasteiger partial charge in [-0.25, -0.2) is 12.8 Å². The van der Waals surface area contributed by atoms with Gasteiger partial charge in [0, 0.05) is 12.1 Å². The number of rotatable bonds is 5. The van der Waals surface area contributed by atoms with E-state index in [1.54, 1.807) is 0 Å². The second-order valence-corrected chi connectivity index (χ2v) is 6.23. The predicted molar refractivity (Wildman–Crippen MR) is 67.9 cm³/mol. The first kappa shape index (κ1) is 15.5. The smallest absolute Gasteiger partial charge is 0.241 e. The highest BCUT2D eigenvalue weighted by Crippen LogP contribution is 2.17. The van der Waals surface area contributed by atoms with E-state index < -0.39 is 27.3 Å².